The van der Waals surface area contributed by atoms with Crippen molar-refractivity contribution in [3.05, 3.63) is 33.9 Å². The van der Waals surface area contributed by atoms with Gasteiger partial charge >= 0.3 is 12.0 Å². The Labute approximate surface area is 155 Å². The number of carbonyl (C=O) groups is 3. The molecule has 1 aromatic carbocycles. The number of hydrogen-bond donors (Lipinski definition) is 1. The molecule has 2 unspecified atom stereocenters. The number of nitrogens with zero attached hydrogens (tertiary/aromatic N) is 2. The van der Waals surface area contributed by atoms with Gasteiger partial charge in [0.05, 0.1) is 4.92 Å². The second-order valence-corrected chi connectivity index (χ2v) is 7.12. The second kappa shape index (κ2) is 6.98. The van der Waals surface area contributed by atoms with E-state index in [0.717, 1.165) is 24.2 Å². The summed E-state index contributed by atoms with van der Waals surface area (Å²) in [5.41, 5.74) is -0.674. The molecule has 0 aromatic heterocycles. The van der Waals surface area contributed by atoms with Gasteiger partial charge < -0.3 is 10.1 Å². The molecule has 3 amide bonds. The number of benzene rings is 1. The Morgan fingerprint density at radius 1 is 1.41 bits per heavy atom. The molecule has 1 N–H and O–H groups in total. The third-order valence-corrected chi connectivity index (χ3v) is 5.39. The minimum Gasteiger partial charge on any atom is -0.425 e. The number of amides is 3. The zero-order valence-corrected chi connectivity index (χ0v) is 15.2. The van der Waals surface area contributed by atoms with Crippen LogP contribution in [0.3, 0.4) is 0 Å². The van der Waals surface area contributed by atoms with E-state index in [-0.39, 0.29) is 17.4 Å². The molecule has 144 valence electrons. The number of ether oxygens (including phenoxy) is 1. The smallest absolute Gasteiger partial charge is 0.331 e. The molecule has 0 bridgehead atoms. The molecule has 1 saturated carbocycles. The van der Waals surface area contributed by atoms with Crippen molar-refractivity contribution >= 4 is 23.6 Å². The number of nitro benzene ring substituents is 1. The lowest BCUT2D eigenvalue weighted by molar-refractivity contribution is -0.385. The Balaban J connectivity index is 1.69. The van der Waals surface area contributed by atoms with Crippen molar-refractivity contribution in [1.29, 1.82) is 0 Å². The van der Waals surface area contributed by atoms with Gasteiger partial charge in [-0.05, 0) is 37.8 Å². The average molecular weight is 375 g/mol. The predicted octanol–water partition coefficient (Wildman–Crippen LogP) is 2.31. The summed E-state index contributed by atoms with van der Waals surface area (Å²) in [7, 11) is 0. The van der Waals surface area contributed by atoms with Gasteiger partial charge in [0, 0.05) is 11.6 Å². The standard InChI is InChI=1S/C18H21N3O6/c1-11-9-13(6-7-14(11)21(25)26)27-15(22)10-20-16(23)18(19-17(20)24)8-4-3-5-12(18)2/h6-7,9,12H,3-5,8,10H2,1-2H3,(H,19,24). The Morgan fingerprint density at radius 2 is 2.15 bits per heavy atom. The van der Waals surface area contributed by atoms with Gasteiger partial charge in [0.15, 0.2) is 0 Å². The van der Waals surface area contributed by atoms with Gasteiger partial charge in [0.25, 0.3) is 11.6 Å². The summed E-state index contributed by atoms with van der Waals surface area (Å²) >= 11 is 0. The van der Waals surface area contributed by atoms with Crippen LogP contribution in [0, 0.1) is 23.0 Å². The number of aryl methyl sites for hydroxylation is 1. The lowest BCUT2D eigenvalue weighted by Gasteiger charge is -2.36. The highest BCUT2D eigenvalue weighted by Crippen LogP contribution is 2.38. The molecule has 1 aliphatic carbocycles. The number of nitrogens with one attached hydrogen (secondary N) is 1. The summed E-state index contributed by atoms with van der Waals surface area (Å²) in [6.07, 6.45) is 3.25. The first-order valence-electron chi connectivity index (χ1n) is 8.84. The molecule has 2 fully saturated rings. The fourth-order valence-electron chi connectivity index (χ4n) is 3.83. The summed E-state index contributed by atoms with van der Waals surface area (Å²) in [6, 6.07) is 3.32. The first-order valence-corrected chi connectivity index (χ1v) is 8.84. The van der Waals surface area contributed by atoms with Crippen LogP contribution in [0.15, 0.2) is 18.2 Å². The molecule has 1 aliphatic heterocycles. The van der Waals surface area contributed by atoms with Crippen LogP contribution < -0.4 is 10.1 Å². The van der Waals surface area contributed by atoms with E-state index in [0.29, 0.717) is 12.0 Å². The van der Waals surface area contributed by atoms with E-state index in [2.05, 4.69) is 5.32 Å². The van der Waals surface area contributed by atoms with Crippen molar-refractivity contribution in [2.75, 3.05) is 6.54 Å². The number of carbonyl (C=O) groups excluding carboxylic acids is 3. The fraction of sp³-hybridized carbons (Fsp3) is 0.500. The van der Waals surface area contributed by atoms with Crippen LogP contribution in [0.2, 0.25) is 0 Å². The largest absolute Gasteiger partial charge is 0.425 e. The number of esters is 1. The number of imide groups is 1. The van der Waals surface area contributed by atoms with Crippen LogP contribution in [0.1, 0.15) is 38.2 Å². The van der Waals surface area contributed by atoms with Crippen LogP contribution in [0.25, 0.3) is 0 Å². The predicted molar refractivity (Wildman–Crippen MR) is 94.1 cm³/mol. The molecule has 2 atom stereocenters. The molecular weight excluding hydrogens is 354 g/mol. The Morgan fingerprint density at radius 3 is 2.78 bits per heavy atom. The van der Waals surface area contributed by atoms with E-state index in [9.17, 15) is 24.5 Å². The van der Waals surface area contributed by atoms with Crippen LogP contribution in [0.4, 0.5) is 10.5 Å². The molecule has 1 aromatic rings. The molecular formula is C18H21N3O6. The summed E-state index contributed by atoms with van der Waals surface area (Å²) in [5.74, 6) is -1.05. The molecule has 1 heterocycles. The molecule has 2 aliphatic rings. The minimum atomic E-state index is -0.931. The maximum atomic E-state index is 12.8. The summed E-state index contributed by atoms with van der Waals surface area (Å²) in [5, 5.41) is 13.6. The van der Waals surface area contributed by atoms with Crippen LogP contribution in [-0.2, 0) is 9.59 Å². The van der Waals surface area contributed by atoms with E-state index in [1.807, 2.05) is 6.92 Å². The third-order valence-electron chi connectivity index (χ3n) is 5.39. The number of hydrogen-bond acceptors (Lipinski definition) is 6. The zero-order chi connectivity index (χ0) is 19.8. The van der Waals surface area contributed by atoms with Gasteiger partial charge in [-0.3, -0.25) is 19.8 Å². The highest BCUT2D eigenvalue weighted by Gasteiger charge is 2.55. The Bertz CT molecular complexity index is 823. The van der Waals surface area contributed by atoms with Gasteiger partial charge in [-0.2, -0.15) is 0 Å². The highest BCUT2D eigenvalue weighted by molar-refractivity contribution is 6.09. The fourth-order valence-corrected chi connectivity index (χ4v) is 3.83. The summed E-state index contributed by atoms with van der Waals surface area (Å²) in [4.78, 5) is 48.5. The first-order chi connectivity index (χ1) is 12.7. The van der Waals surface area contributed by atoms with E-state index in [1.165, 1.54) is 25.1 Å². The van der Waals surface area contributed by atoms with Crippen molar-refractivity contribution in [2.24, 2.45) is 5.92 Å². The van der Waals surface area contributed by atoms with Gasteiger partial charge in [-0.25, -0.2) is 9.59 Å². The van der Waals surface area contributed by atoms with Crippen LogP contribution >= 0.6 is 0 Å². The van der Waals surface area contributed by atoms with Crippen molar-refractivity contribution < 1.29 is 24.0 Å². The molecule has 1 spiro atoms. The zero-order valence-electron chi connectivity index (χ0n) is 15.2. The van der Waals surface area contributed by atoms with E-state index in [1.54, 1.807) is 0 Å². The quantitative estimate of drug-likeness (QED) is 0.284. The Hall–Kier alpha value is -2.97. The van der Waals surface area contributed by atoms with Gasteiger partial charge in [-0.1, -0.05) is 19.8 Å². The number of urea groups is 1. The molecule has 9 heteroatoms. The third kappa shape index (κ3) is 3.36. The maximum Gasteiger partial charge on any atom is 0.331 e. The van der Waals surface area contributed by atoms with E-state index in [4.69, 9.17) is 4.74 Å². The van der Waals surface area contributed by atoms with Crippen LogP contribution in [0.5, 0.6) is 5.75 Å². The molecule has 9 nitrogen and oxygen atoms in total. The van der Waals surface area contributed by atoms with Crippen molar-refractivity contribution in [2.45, 2.75) is 45.1 Å². The number of rotatable bonds is 4. The van der Waals surface area contributed by atoms with Gasteiger partial charge in [0.1, 0.15) is 17.8 Å². The highest BCUT2D eigenvalue weighted by atomic mass is 16.6. The molecule has 0 radical (unpaired) electrons. The number of nitro groups is 1. The normalized spacial score (nSPS) is 24.8. The topological polar surface area (TPSA) is 119 Å². The second-order valence-electron chi connectivity index (χ2n) is 7.12. The summed E-state index contributed by atoms with van der Waals surface area (Å²) in [6.45, 7) is 2.95. The van der Waals surface area contributed by atoms with Crippen LogP contribution in [-0.4, -0.2) is 39.8 Å². The molecule has 3 rings (SSSR count). The van der Waals surface area contributed by atoms with Crippen molar-refractivity contribution in [3.63, 3.8) is 0 Å². The lowest BCUT2D eigenvalue weighted by atomic mass is 9.73. The molecule has 1 saturated heterocycles. The Kier molecular flexibility index (Phi) is 4.86. The van der Waals surface area contributed by atoms with E-state index < -0.39 is 34.9 Å². The average Bonchev–Trinajstić information content (AvgIpc) is 2.82. The maximum absolute atomic E-state index is 12.8. The lowest BCUT2D eigenvalue weighted by Crippen LogP contribution is -2.54. The van der Waals surface area contributed by atoms with Gasteiger partial charge in [0.2, 0.25) is 0 Å². The summed E-state index contributed by atoms with van der Waals surface area (Å²) < 4.78 is 5.16. The first kappa shape index (κ1) is 18.8. The van der Waals surface area contributed by atoms with E-state index >= 15 is 0 Å². The van der Waals surface area contributed by atoms with Crippen molar-refractivity contribution in [1.82, 2.24) is 10.2 Å². The van der Waals surface area contributed by atoms with Gasteiger partial charge in [-0.15, -0.1) is 0 Å². The van der Waals surface area contributed by atoms with Crippen molar-refractivity contribution in [3.8, 4) is 5.75 Å². The SMILES string of the molecule is Cc1cc(OC(=O)CN2C(=O)NC3(CCCCC3C)C2=O)ccc1[N+](=O)[O-]. The minimum absolute atomic E-state index is 0.000965. The molecule has 27 heavy (non-hydrogen) atoms. The monoisotopic (exact) mass is 375 g/mol.